The summed E-state index contributed by atoms with van der Waals surface area (Å²) >= 11 is 0. The zero-order valence-corrected chi connectivity index (χ0v) is 16.7. The standard InChI is InChI=1S/C20H30N6O/c1-15(19-13-22-25(4)16(19)2)23-20(27)26(14-17-6-5-9-21-12-17)18-7-10-24(3)11-8-18/h5-6,9,12-13,15,18H,7-8,10-11,14H2,1-4H3,(H,23,27). The first-order valence-corrected chi connectivity index (χ1v) is 9.58. The summed E-state index contributed by atoms with van der Waals surface area (Å²) in [5.41, 5.74) is 3.17. The van der Waals surface area contributed by atoms with Crippen LogP contribution in [-0.4, -0.2) is 56.8 Å². The Hall–Kier alpha value is -2.41. The minimum atomic E-state index is -0.0890. The zero-order valence-electron chi connectivity index (χ0n) is 16.7. The van der Waals surface area contributed by atoms with Crippen LogP contribution >= 0.6 is 0 Å². The lowest BCUT2D eigenvalue weighted by Crippen LogP contribution is -2.50. The molecule has 1 atom stereocenters. The second-order valence-electron chi connectivity index (χ2n) is 7.50. The number of amides is 2. The van der Waals surface area contributed by atoms with E-state index in [0.717, 1.165) is 42.8 Å². The van der Waals surface area contributed by atoms with Gasteiger partial charge in [0.2, 0.25) is 0 Å². The number of urea groups is 1. The van der Waals surface area contributed by atoms with Gasteiger partial charge in [-0.3, -0.25) is 9.67 Å². The highest BCUT2D eigenvalue weighted by atomic mass is 16.2. The number of rotatable bonds is 5. The second-order valence-corrected chi connectivity index (χ2v) is 7.50. The lowest BCUT2D eigenvalue weighted by atomic mass is 10.0. The quantitative estimate of drug-likeness (QED) is 0.878. The lowest BCUT2D eigenvalue weighted by Gasteiger charge is -2.38. The van der Waals surface area contributed by atoms with Gasteiger partial charge in [-0.1, -0.05) is 6.07 Å². The Kier molecular flexibility index (Phi) is 6.11. The SMILES string of the molecule is Cc1c(C(C)NC(=O)N(Cc2cccnc2)C2CCN(C)CC2)cnn1C. The molecule has 0 aromatic carbocycles. The molecule has 0 spiro atoms. The largest absolute Gasteiger partial charge is 0.331 e. The molecule has 146 valence electrons. The Morgan fingerprint density at radius 3 is 2.67 bits per heavy atom. The van der Waals surface area contributed by atoms with Crippen molar-refractivity contribution < 1.29 is 4.79 Å². The van der Waals surface area contributed by atoms with Crippen molar-refractivity contribution in [2.24, 2.45) is 7.05 Å². The molecule has 2 aromatic heterocycles. The molecule has 1 fully saturated rings. The maximum absolute atomic E-state index is 13.2. The van der Waals surface area contributed by atoms with Crippen LogP contribution < -0.4 is 5.32 Å². The van der Waals surface area contributed by atoms with Crippen LogP contribution in [0.25, 0.3) is 0 Å². The average molecular weight is 371 g/mol. The molecule has 1 saturated heterocycles. The van der Waals surface area contributed by atoms with Gasteiger partial charge < -0.3 is 15.1 Å². The maximum atomic E-state index is 13.2. The number of aryl methyl sites for hydroxylation is 1. The predicted molar refractivity (Wildman–Crippen MR) is 105 cm³/mol. The molecule has 3 rings (SSSR count). The summed E-state index contributed by atoms with van der Waals surface area (Å²) in [5.74, 6) is 0. The highest BCUT2D eigenvalue weighted by molar-refractivity contribution is 5.75. The Balaban J connectivity index is 1.74. The Morgan fingerprint density at radius 1 is 1.33 bits per heavy atom. The van der Waals surface area contributed by atoms with E-state index in [1.165, 1.54) is 0 Å². The topological polar surface area (TPSA) is 66.3 Å². The van der Waals surface area contributed by atoms with Crippen LogP contribution in [0.15, 0.2) is 30.7 Å². The minimum Gasteiger partial charge on any atom is -0.331 e. The third-order valence-electron chi connectivity index (χ3n) is 5.55. The molecule has 0 bridgehead atoms. The fraction of sp³-hybridized carbons (Fsp3) is 0.550. The van der Waals surface area contributed by atoms with Crippen molar-refractivity contribution in [3.63, 3.8) is 0 Å². The van der Waals surface area contributed by atoms with Crippen molar-refractivity contribution in [2.45, 2.75) is 45.3 Å². The van der Waals surface area contributed by atoms with Crippen LogP contribution in [0.4, 0.5) is 4.79 Å². The van der Waals surface area contributed by atoms with Gasteiger partial charge in [-0.2, -0.15) is 5.10 Å². The van der Waals surface area contributed by atoms with Crippen molar-refractivity contribution in [1.29, 1.82) is 0 Å². The molecule has 7 nitrogen and oxygen atoms in total. The Morgan fingerprint density at radius 2 is 2.07 bits per heavy atom. The predicted octanol–water partition coefficient (Wildman–Crippen LogP) is 2.49. The number of aromatic nitrogens is 3. The van der Waals surface area contributed by atoms with Gasteiger partial charge in [0.05, 0.1) is 12.2 Å². The number of nitrogens with one attached hydrogen (secondary N) is 1. The summed E-state index contributed by atoms with van der Waals surface area (Å²) in [6.45, 7) is 6.64. The molecule has 1 unspecified atom stereocenters. The number of carbonyl (C=O) groups is 1. The van der Waals surface area contributed by atoms with Gasteiger partial charge >= 0.3 is 6.03 Å². The van der Waals surface area contributed by atoms with Crippen LogP contribution in [0.5, 0.6) is 0 Å². The molecule has 27 heavy (non-hydrogen) atoms. The molecule has 0 aliphatic carbocycles. The van der Waals surface area contributed by atoms with E-state index in [1.54, 1.807) is 6.20 Å². The van der Waals surface area contributed by atoms with E-state index in [4.69, 9.17) is 0 Å². The van der Waals surface area contributed by atoms with E-state index < -0.39 is 0 Å². The van der Waals surface area contributed by atoms with Gasteiger partial charge in [-0.05, 0) is 58.5 Å². The second kappa shape index (κ2) is 8.52. The molecule has 1 aliphatic rings. The first-order chi connectivity index (χ1) is 13.0. The lowest BCUT2D eigenvalue weighted by molar-refractivity contribution is 0.125. The fourth-order valence-electron chi connectivity index (χ4n) is 3.65. The molecule has 1 N–H and O–H groups in total. The molecule has 2 amide bonds. The first-order valence-electron chi connectivity index (χ1n) is 9.58. The van der Waals surface area contributed by atoms with Gasteiger partial charge in [-0.15, -0.1) is 0 Å². The van der Waals surface area contributed by atoms with Gasteiger partial charge in [0.1, 0.15) is 0 Å². The molecular formula is C20H30N6O. The Bertz CT molecular complexity index is 751. The van der Waals surface area contributed by atoms with Gasteiger partial charge in [-0.25, -0.2) is 4.79 Å². The third kappa shape index (κ3) is 4.66. The van der Waals surface area contributed by atoms with Crippen molar-refractivity contribution in [2.75, 3.05) is 20.1 Å². The molecule has 2 aromatic rings. The maximum Gasteiger partial charge on any atom is 0.318 e. The van der Waals surface area contributed by atoms with Crippen molar-refractivity contribution in [1.82, 2.24) is 29.9 Å². The van der Waals surface area contributed by atoms with E-state index in [9.17, 15) is 4.79 Å². The van der Waals surface area contributed by atoms with E-state index in [-0.39, 0.29) is 18.1 Å². The van der Waals surface area contributed by atoms with E-state index in [2.05, 4.69) is 27.3 Å². The number of carbonyl (C=O) groups excluding carboxylic acids is 1. The molecule has 0 radical (unpaired) electrons. The summed E-state index contributed by atoms with van der Waals surface area (Å²) in [5, 5.41) is 7.47. The molecule has 1 aliphatic heterocycles. The van der Waals surface area contributed by atoms with Gasteiger partial charge in [0.15, 0.2) is 0 Å². The number of nitrogens with zero attached hydrogens (tertiary/aromatic N) is 5. The number of likely N-dealkylation sites (tertiary alicyclic amines) is 1. The summed E-state index contributed by atoms with van der Waals surface area (Å²) < 4.78 is 1.84. The van der Waals surface area contributed by atoms with Crippen LogP contribution in [0.3, 0.4) is 0 Å². The van der Waals surface area contributed by atoms with Crippen molar-refractivity contribution >= 4 is 6.03 Å². The zero-order chi connectivity index (χ0) is 19.4. The Labute approximate surface area is 161 Å². The van der Waals surface area contributed by atoms with Crippen LogP contribution in [-0.2, 0) is 13.6 Å². The van der Waals surface area contributed by atoms with Crippen molar-refractivity contribution in [3.8, 4) is 0 Å². The van der Waals surface area contributed by atoms with Gasteiger partial charge in [0.25, 0.3) is 0 Å². The average Bonchev–Trinajstić information content (AvgIpc) is 3.00. The monoisotopic (exact) mass is 370 g/mol. The molecule has 0 saturated carbocycles. The number of pyridine rings is 1. The summed E-state index contributed by atoms with van der Waals surface area (Å²) in [4.78, 5) is 21.7. The van der Waals surface area contributed by atoms with Gasteiger partial charge in [0, 0.05) is 43.3 Å². The van der Waals surface area contributed by atoms with Crippen molar-refractivity contribution in [3.05, 3.63) is 47.5 Å². The molecule has 3 heterocycles. The van der Waals surface area contributed by atoms with E-state index in [1.807, 2.05) is 55.0 Å². The van der Waals surface area contributed by atoms with Crippen LogP contribution in [0.1, 0.15) is 42.6 Å². The first kappa shape index (κ1) is 19.4. The van der Waals surface area contributed by atoms with E-state index >= 15 is 0 Å². The molecular weight excluding hydrogens is 340 g/mol. The van der Waals surface area contributed by atoms with Crippen LogP contribution in [0.2, 0.25) is 0 Å². The number of piperidine rings is 1. The molecule has 7 heteroatoms. The summed E-state index contributed by atoms with van der Waals surface area (Å²) in [7, 11) is 4.05. The highest BCUT2D eigenvalue weighted by Crippen LogP contribution is 2.21. The number of hydrogen-bond acceptors (Lipinski definition) is 4. The highest BCUT2D eigenvalue weighted by Gasteiger charge is 2.28. The fourth-order valence-corrected chi connectivity index (χ4v) is 3.65. The normalized spacial score (nSPS) is 16.9. The van der Waals surface area contributed by atoms with E-state index in [0.29, 0.717) is 6.54 Å². The summed E-state index contributed by atoms with van der Waals surface area (Å²) in [6, 6.07) is 4.07. The third-order valence-corrected chi connectivity index (χ3v) is 5.55. The minimum absolute atomic E-state index is 0.0239. The smallest absolute Gasteiger partial charge is 0.318 e. The summed E-state index contributed by atoms with van der Waals surface area (Å²) in [6.07, 6.45) is 7.41. The number of hydrogen-bond donors (Lipinski definition) is 1. The van der Waals surface area contributed by atoms with Crippen LogP contribution in [0, 0.1) is 6.92 Å².